The smallest absolute Gasteiger partial charge is 0.257 e. The summed E-state index contributed by atoms with van der Waals surface area (Å²) < 4.78 is 6.64. The highest BCUT2D eigenvalue weighted by Gasteiger charge is 2.12. The van der Waals surface area contributed by atoms with Crippen molar-refractivity contribution in [2.75, 3.05) is 19.7 Å². The lowest BCUT2D eigenvalue weighted by Crippen LogP contribution is -2.30. The number of halogens is 1. The van der Waals surface area contributed by atoms with Crippen molar-refractivity contribution in [3.05, 3.63) is 28.2 Å². The molecular weight excluding hydrogens is 332 g/mol. The number of hydrogen-bond donors (Lipinski definition) is 2. The molecule has 5 heteroatoms. The van der Waals surface area contributed by atoms with Gasteiger partial charge in [0.1, 0.15) is 5.75 Å². The number of rotatable bonds is 9. The van der Waals surface area contributed by atoms with Crippen LogP contribution in [-0.4, -0.2) is 25.6 Å². The summed E-state index contributed by atoms with van der Waals surface area (Å²) in [5.41, 5.74) is 1.06. The molecule has 1 amide bonds. The lowest BCUT2D eigenvalue weighted by atomic mass is 10.1. The standard InChI is InChI=1S/C16H25BrN2O2/c1-4-6-9-19-16(20)11-21-15-10-13(17)7-8-14(15)12(3)18-5-2/h7-8,10,12,18H,4-6,9,11H2,1-3H3,(H,19,20). The minimum absolute atomic E-state index is 0.0476. The van der Waals surface area contributed by atoms with Crippen molar-refractivity contribution in [1.29, 1.82) is 0 Å². The van der Waals surface area contributed by atoms with Gasteiger partial charge in [0.05, 0.1) is 0 Å². The lowest BCUT2D eigenvalue weighted by Gasteiger charge is -2.18. The molecule has 0 heterocycles. The molecule has 1 rings (SSSR count). The average molecular weight is 357 g/mol. The second-order valence-corrected chi connectivity index (χ2v) is 5.87. The molecule has 1 atom stereocenters. The number of carbonyl (C=O) groups is 1. The van der Waals surface area contributed by atoms with E-state index >= 15 is 0 Å². The highest BCUT2D eigenvalue weighted by atomic mass is 79.9. The fourth-order valence-corrected chi connectivity index (χ4v) is 2.35. The Morgan fingerprint density at radius 1 is 1.38 bits per heavy atom. The fourth-order valence-electron chi connectivity index (χ4n) is 2.01. The maximum Gasteiger partial charge on any atom is 0.257 e. The van der Waals surface area contributed by atoms with E-state index in [1.54, 1.807) is 0 Å². The van der Waals surface area contributed by atoms with Gasteiger partial charge in [-0.1, -0.05) is 42.3 Å². The van der Waals surface area contributed by atoms with Crippen LogP contribution < -0.4 is 15.4 Å². The monoisotopic (exact) mass is 356 g/mol. The molecule has 1 aromatic rings. The largest absolute Gasteiger partial charge is 0.483 e. The van der Waals surface area contributed by atoms with Crippen molar-refractivity contribution in [2.45, 2.75) is 39.7 Å². The van der Waals surface area contributed by atoms with Gasteiger partial charge in [-0.05, 0) is 32.0 Å². The van der Waals surface area contributed by atoms with Crippen LogP contribution in [0, 0.1) is 0 Å². The zero-order valence-corrected chi connectivity index (χ0v) is 14.6. The Hall–Kier alpha value is -1.07. The van der Waals surface area contributed by atoms with Crippen molar-refractivity contribution in [3.8, 4) is 5.75 Å². The van der Waals surface area contributed by atoms with Crippen LogP contribution in [0.25, 0.3) is 0 Å². The molecule has 0 aliphatic carbocycles. The summed E-state index contributed by atoms with van der Waals surface area (Å²) in [5.74, 6) is 0.661. The molecule has 0 aliphatic heterocycles. The number of carbonyl (C=O) groups excluding carboxylic acids is 1. The Labute approximate surface area is 135 Å². The molecule has 0 aromatic heterocycles. The van der Waals surface area contributed by atoms with Gasteiger partial charge in [0.25, 0.3) is 5.91 Å². The van der Waals surface area contributed by atoms with E-state index < -0.39 is 0 Å². The minimum Gasteiger partial charge on any atom is -0.483 e. The number of hydrogen-bond acceptors (Lipinski definition) is 3. The molecule has 4 nitrogen and oxygen atoms in total. The number of amides is 1. The van der Waals surface area contributed by atoms with Crippen LogP contribution in [0.1, 0.15) is 45.2 Å². The summed E-state index contributed by atoms with van der Waals surface area (Å²) in [7, 11) is 0. The summed E-state index contributed by atoms with van der Waals surface area (Å²) in [4.78, 5) is 11.7. The van der Waals surface area contributed by atoms with Crippen LogP contribution in [0.2, 0.25) is 0 Å². The maximum atomic E-state index is 11.7. The predicted molar refractivity (Wildman–Crippen MR) is 89.6 cm³/mol. The van der Waals surface area contributed by atoms with Gasteiger partial charge < -0.3 is 15.4 Å². The van der Waals surface area contributed by atoms with Gasteiger partial charge in [-0.2, -0.15) is 0 Å². The summed E-state index contributed by atoms with van der Waals surface area (Å²) in [6.07, 6.45) is 2.06. The van der Waals surface area contributed by atoms with Crippen molar-refractivity contribution < 1.29 is 9.53 Å². The summed E-state index contributed by atoms with van der Waals surface area (Å²) in [5, 5.41) is 6.21. The Bertz CT molecular complexity index is 452. The average Bonchev–Trinajstić information content (AvgIpc) is 2.45. The summed E-state index contributed by atoms with van der Waals surface area (Å²) in [6.45, 7) is 7.88. The number of ether oxygens (including phenoxy) is 1. The number of benzene rings is 1. The molecule has 0 saturated carbocycles. The van der Waals surface area contributed by atoms with Crippen molar-refractivity contribution >= 4 is 21.8 Å². The molecule has 0 radical (unpaired) electrons. The molecule has 0 fully saturated rings. The van der Waals surface area contributed by atoms with Crippen LogP contribution in [0.3, 0.4) is 0 Å². The zero-order chi connectivity index (χ0) is 15.7. The van der Waals surface area contributed by atoms with Gasteiger partial charge in [-0.15, -0.1) is 0 Å². The van der Waals surface area contributed by atoms with Crippen LogP contribution in [0.5, 0.6) is 5.75 Å². The molecule has 1 unspecified atom stereocenters. The van der Waals surface area contributed by atoms with E-state index in [4.69, 9.17) is 4.74 Å². The van der Waals surface area contributed by atoms with Gasteiger partial charge in [-0.3, -0.25) is 4.79 Å². The van der Waals surface area contributed by atoms with E-state index in [2.05, 4.69) is 47.3 Å². The van der Waals surface area contributed by atoms with Crippen molar-refractivity contribution in [1.82, 2.24) is 10.6 Å². The normalized spacial score (nSPS) is 12.0. The minimum atomic E-state index is -0.0783. The topological polar surface area (TPSA) is 50.4 Å². The van der Waals surface area contributed by atoms with Gasteiger partial charge in [0.15, 0.2) is 6.61 Å². The molecule has 21 heavy (non-hydrogen) atoms. The van der Waals surface area contributed by atoms with Crippen molar-refractivity contribution in [3.63, 3.8) is 0 Å². The molecule has 0 saturated heterocycles. The zero-order valence-electron chi connectivity index (χ0n) is 13.0. The van der Waals surface area contributed by atoms with Crippen molar-refractivity contribution in [2.24, 2.45) is 0 Å². The highest BCUT2D eigenvalue weighted by Crippen LogP contribution is 2.28. The number of nitrogens with one attached hydrogen (secondary N) is 2. The molecule has 118 valence electrons. The second kappa shape index (κ2) is 9.79. The molecule has 1 aromatic carbocycles. The van der Waals surface area contributed by atoms with Crippen LogP contribution in [0.4, 0.5) is 0 Å². The van der Waals surface area contributed by atoms with Crippen LogP contribution in [-0.2, 0) is 4.79 Å². The first-order chi connectivity index (χ1) is 10.1. The fraction of sp³-hybridized carbons (Fsp3) is 0.562. The summed E-state index contributed by atoms with van der Waals surface area (Å²) in [6, 6.07) is 6.09. The quantitative estimate of drug-likeness (QED) is 0.666. The van der Waals surface area contributed by atoms with Gasteiger partial charge in [-0.25, -0.2) is 0 Å². The van der Waals surface area contributed by atoms with Gasteiger partial charge in [0, 0.05) is 22.6 Å². The first-order valence-electron chi connectivity index (χ1n) is 7.50. The third-order valence-corrected chi connectivity index (χ3v) is 3.66. The molecule has 0 bridgehead atoms. The van der Waals surface area contributed by atoms with E-state index in [1.165, 1.54) is 0 Å². The Morgan fingerprint density at radius 3 is 2.81 bits per heavy atom. The summed E-state index contributed by atoms with van der Waals surface area (Å²) >= 11 is 3.44. The van der Waals surface area contributed by atoms with Crippen LogP contribution in [0.15, 0.2) is 22.7 Å². The number of unbranched alkanes of at least 4 members (excludes halogenated alkanes) is 1. The lowest BCUT2D eigenvalue weighted by molar-refractivity contribution is -0.123. The molecule has 0 aliphatic rings. The second-order valence-electron chi connectivity index (χ2n) is 4.95. The molecular formula is C16H25BrN2O2. The Kier molecular flexibility index (Phi) is 8.38. The SMILES string of the molecule is CCCCNC(=O)COc1cc(Br)ccc1C(C)NCC. The van der Waals surface area contributed by atoms with E-state index in [0.717, 1.165) is 35.2 Å². The maximum absolute atomic E-state index is 11.7. The highest BCUT2D eigenvalue weighted by molar-refractivity contribution is 9.10. The van der Waals surface area contributed by atoms with E-state index in [-0.39, 0.29) is 18.6 Å². The van der Waals surface area contributed by atoms with E-state index in [0.29, 0.717) is 6.54 Å². The Balaban J connectivity index is 2.64. The first kappa shape index (κ1) is 18.0. The van der Waals surface area contributed by atoms with Crippen LogP contribution >= 0.6 is 15.9 Å². The first-order valence-corrected chi connectivity index (χ1v) is 8.30. The molecule has 0 spiro atoms. The third kappa shape index (κ3) is 6.48. The predicted octanol–water partition coefficient (Wildman–Crippen LogP) is 3.41. The molecule has 2 N–H and O–H groups in total. The van der Waals surface area contributed by atoms with E-state index in [9.17, 15) is 4.79 Å². The third-order valence-electron chi connectivity index (χ3n) is 3.16. The van der Waals surface area contributed by atoms with Gasteiger partial charge >= 0.3 is 0 Å². The Morgan fingerprint density at radius 2 is 2.14 bits per heavy atom. The van der Waals surface area contributed by atoms with Gasteiger partial charge in [0.2, 0.25) is 0 Å². The van der Waals surface area contributed by atoms with E-state index in [1.807, 2.05) is 18.2 Å².